The van der Waals surface area contributed by atoms with E-state index in [2.05, 4.69) is 38.6 Å². The highest BCUT2D eigenvalue weighted by Gasteiger charge is 2.38. The van der Waals surface area contributed by atoms with E-state index in [4.69, 9.17) is 4.43 Å². The molecule has 0 amide bonds. The van der Waals surface area contributed by atoms with Crippen LogP contribution in [0.2, 0.25) is 18.1 Å². The number of ether oxygens (including phenoxy) is 1. The monoisotopic (exact) mass is 248 g/mol. The van der Waals surface area contributed by atoms with Crippen molar-refractivity contribution in [3.8, 4) is 0 Å². The Morgan fingerprint density at radius 1 is 1.38 bits per heavy atom. The third kappa shape index (κ3) is 5.09. The second-order valence-corrected chi connectivity index (χ2v) is 10.2. The molecule has 1 unspecified atom stereocenters. The van der Waals surface area contributed by atoms with Gasteiger partial charge in [0.15, 0.2) is 8.32 Å². The van der Waals surface area contributed by atoms with Crippen LogP contribution in [0.15, 0.2) is 0 Å². The zero-order valence-corrected chi connectivity index (χ0v) is 12.2. The average molecular weight is 248 g/mol. The van der Waals surface area contributed by atoms with Crippen LogP contribution in [0.1, 0.15) is 33.6 Å². The molecule has 0 spiro atoms. The molecule has 0 aromatic carbocycles. The summed E-state index contributed by atoms with van der Waals surface area (Å²) in [5.41, 5.74) is 0. The van der Waals surface area contributed by atoms with Crippen LogP contribution < -0.4 is 0 Å². The van der Waals surface area contributed by atoms with E-state index in [1.807, 2.05) is 0 Å². The highest BCUT2D eigenvalue weighted by molar-refractivity contribution is 6.74. The van der Waals surface area contributed by atoms with Crippen molar-refractivity contribution in [2.75, 3.05) is 7.11 Å². The van der Waals surface area contributed by atoms with Crippen molar-refractivity contribution in [2.45, 2.75) is 58.0 Å². The quantitative estimate of drug-likeness (QED) is 0.461. The number of esters is 1. The van der Waals surface area contributed by atoms with Crippen LogP contribution in [0.3, 0.4) is 0 Å². The summed E-state index contributed by atoms with van der Waals surface area (Å²) >= 11 is 0. The maximum absolute atomic E-state index is 10.9. The standard InChI is InChI=1S/C11H24O4Si/c1-11(2,3)16(5,6)15-10(13)8-7-9(12)14-4/h10,13H,7-8H2,1-6H3. The first-order valence-electron chi connectivity index (χ1n) is 5.53. The van der Waals surface area contributed by atoms with Gasteiger partial charge in [0, 0.05) is 6.42 Å². The van der Waals surface area contributed by atoms with Gasteiger partial charge in [-0.15, -0.1) is 0 Å². The Morgan fingerprint density at radius 3 is 2.25 bits per heavy atom. The summed E-state index contributed by atoms with van der Waals surface area (Å²) in [5.74, 6) is -0.321. The summed E-state index contributed by atoms with van der Waals surface area (Å²) in [6.45, 7) is 10.4. The number of hydrogen-bond donors (Lipinski definition) is 1. The highest BCUT2D eigenvalue weighted by atomic mass is 28.4. The first-order chi connectivity index (χ1) is 7.10. The normalized spacial score (nSPS) is 14.7. The zero-order chi connectivity index (χ0) is 13.0. The molecule has 1 atom stereocenters. The Kier molecular flexibility index (Phi) is 5.65. The molecule has 16 heavy (non-hydrogen) atoms. The lowest BCUT2D eigenvalue weighted by Crippen LogP contribution is -2.44. The van der Waals surface area contributed by atoms with Crippen molar-refractivity contribution in [1.82, 2.24) is 0 Å². The van der Waals surface area contributed by atoms with Gasteiger partial charge in [0.05, 0.1) is 13.5 Å². The molecule has 0 fully saturated rings. The summed E-state index contributed by atoms with van der Waals surface area (Å²) in [6.07, 6.45) is -0.397. The van der Waals surface area contributed by atoms with Crippen molar-refractivity contribution in [3.05, 3.63) is 0 Å². The topological polar surface area (TPSA) is 55.8 Å². The van der Waals surface area contributed by atoms with Gasteiger partial charge in [-0.05, 0) is 18.1 Å². The molecule has 0 rings (SSSR count). The molecular weight excluding hydrogens is 224 g/mol. The smallest absolute Gasteiger partial charge is 0.305 e. The van der Waals surface area contributed by atoms with Crippen molar-refractivity contribution in [2.24, 2.45) is 0 Å². The molecule has 0 aliphatic heterocycles. The van der Waals surface area contributed by atoms with Crippen LogP contribution in [-0.2, 0) is 14.0 Å². The molecule has 0 heterocycles. The predicted octanol–water partition coefficient (Wildman–Crippen LogP) is 2.28. The molecule has 4 nitrogen and oxygen atoms in total. The Morgan fingerprint density at radius 2 is 1.88 bits per heavy atom. The third-order valence-electron chi connectivity index (χ3n) is 3.06. The summed E-state index contributed by atoms with van der Waals surface area (Å²) in [4.78, 5) is 10.9. The molecule has 0 radical (unpaired) electrons. The van der Waals surface area contributed by atoms with Gasteiger partial charge < -0.3 is 14.3 Å². The van der Waals surface area contributed by atoms with E-state index in [9.17, 15) is 9.90 Å². The van der Waals surface area contributed by atoms with E-state index in [-0.39, 0.29) is 17.4 Å². The summed E-state index contributed by atoms with van der Waals surface area (Å²) < 4.78 is 10.2. The van der Waals surface area contributed by atoms with E-state index in [1.165, 1.54) is 7.11 Å². The maximum atomic E-state index is 10.9. The minimum Gasteiger partial charge on any atom is -0.469 e. The van der Waals surface area contributed by atoms with E-state index in [0.717, 1.165) is 0 Å². The van der Waals surface area contributed by atoms with Crippen LogP contribution in [0.4, 0.5) is 0 Å². The lowest BCUT2D eigenvalue weighted by molar-refractivity contribution is -0.142. The summed E-state index contributed by atoms with van der Waals surface area (Å²) in [7, 11) is -0.616. The van der Waals surface area contributed by atoms with E-state index in [1.54, 1.807) is 0 Å². The highest BCUT2D eigenvalue weighted by Crippen LogP contribution is 2.37. The van der Waals surface area contributed by atoms with E-state index in [0.29, 0.717) is 6.42 Å². The van der Waals surface area contributed by atoms with Gasteiger partial charge in [-0.3, -0.25) is 4.79 Å². The minimum absolute atomic E-state index is 0.0548. The number of carbonyl (C=O) groups excluding carboxylic acids is 1. The van der Waals surface area contributed by atoms with Crippen LogP contribution >= 0.6 is 0 Å². The minimum atomic E-state index is -1.95. The first kappa shape index (κ1) is 15.6. The van der Waals surface area contributed by atoms with E-state index < -0.39 is 14.6 Å². The fourth-order valence-electron chi connectivity index (χ4n) is 0.919. The van der Waals surface area contributed by atoms with Crippen molar-refractivity contribution in [3.63, 3.8) is 0 Å². The Bertz CT molecular complexity index is 233. The largest absolute Gasteiger partial charge is 0.469 e. The summed E-state index contributed by atoms with van der Waals surface area (Å²) in [6, 6.07) is 0. The zero-order valence-electron chi connectivity index (χ0n) is 11.2. The molecule has 0 aliphatic rings. The number of hydrogen-bond acceptors (Lipinski definition) is 4. The molecule has 0 aromatic rings. The lowest BCUT2D eigenvalue weighted by Gasteiger charge is -2.37. The Balaban J connectivity index is 4.14. The maximum Gasteiger partial charge on any atom is 0.305 e. The van der Waals surface area contributed by atoms with Gasteiger partial charge in [0.2, 0.25) is 0 Å². The van der Waals surface area contributed by atoms with Gasteiger partial charge in [0.1, 0.15) is 6.29 Å². The molecule has 0 saturated heterocycles. The Hall–Kier alpha value is -0.393. The molecule has 1 N–H and O–H groups in total. The molecule has 0 aromatic heterocycles. The SMILES string of the molecule is COC(=O)CCC(O)O[Si](C)(C)C(C)(C)C. The van der Waals surface area contributed by atoms with Gasteiger partial charge in [-0.2, -0.15) is 0 Å². The van der Waals surface area contributed by atoms with Crippen LogP contribution in [0, 0.1) is 0 Å². The second-order valence-electron chi connectivity index (χ2n) is 5.45. The van der Waals surface area contributed by atoms with Crippen LogP contribution in [-0.4, -0.2) is 32.8 Å². The van der Waals surface area contributed by atoms with Gasteiger partial charge >= 0.3 is 5.97 Å². The number of rotatable bonds is 5. The fourth-order valence-corrected chi connectivity index (χ4v) is 2.07. The number of carbonyl (C=O) groups is 1. The van der Waals surface area contributed by atoms with Gasteiger partial charge in [0.25, 0.3) is 0 Å². The average Bonchev–Trinajstić information content (AvgIpc) is 2.11. The lowest BCUT2D eigenvalue weighted by atomic mass is 10.2. The Labute approximate surface area is 99.1 Å². The molecule has 0 saturated carbocycles. The number of aliphatic hydroxyl groups excluding tert-OH is 1. The van der Waals surface area contributed by atoms with Crippen molar-refractivity contribution < 1.29 is 19.1 Å². The summed E-state index contributed by atoms with van der Waals surface area (Å²) in [5, 5.41) is 9.75. The first-order valence-corrected chi connectivity index (χ1v) is 8.43. The molecule has 0 bridgehead atoms. The van der Waals surface area contributed by atoms with Crippen LogP contribution in [0.5, 0.6) is 0 Å². The van der Waals surface area contributed by atoms with Gasteiger partial charge in [-0.25, -0.2) is 0 Å². The fraction of sp³-hybridized carbons (Fsp3) is 0.909. The van der Waals surface area contributed by atoms with Crippen LogP contribution in [0.25, 0.3) is 0 Å². The van der Waals surface area contributed by atoms with E-state index >= 15 is 0 Å². The third-order valence-corrected chi connectivity index (χ3v) is 7.53. The van der Waals surface area contributed by atoms with Crippen molar-refractivity contribution in [1.29, 1.82) is 0 Å². The molecular formula is C11H24O4Si. The molecule has 5 heteroatoms. The molecule has 0 aliphatic carbocycles. The second kappa shape index (κ2) is 5.79. The molecule has 96 valence electrons. The number of methoxy groups -OCH3 is 1. The van der Waals surface area contributed by atoms with Crippen molar-refractivity contribution >= 4 is 14.3 Å². The number of aliphatic hydroxyl groups is 1. The predicted molar refractivity (Wildman–Crippen MR) is 65.5 cm³/mol. The van der Waals surface area contributed by atoms with Gasteiger partial charge in [-0.1, -0.05) is 20.8 Å².